The summed E-state index contributed by atoms with van der Waals surface area (Å²) in [6.45, 7) is 5.75. The molecule has 12 heteroatoms. The van der Waals surface area contributed by atoms with E-state index < -0.39 is 35.8 Å². The van der Waals surface area contributed by atoms with Crippen molar-refractivity contribution in [2.24, 2.45) is 0 Å². The maximum atomic E-state index is 13.5. The van der Waals surface area contributed by atoms with Gasteiger partial charge in [0.05, 0.1) is 34.6 Å². The summed E-state index contributed by atoms with van der Waals surface area (Å²) in [6.07, 6.45) is 0.537. The smallest absolute Gasteiger partial charge is 0.410 e. The van der Waals surface area contributed by atoms with Gasteiger partial charge in [-0.15, -0.1) is 11.3 Å². The molecule has 4 aromatic rings. The monoisotopic (exact) mass is 601 g/mol. The maximum absolute atomic E-state index is 13.5. The number of thiophene rings is 1. The molecule has 0 aliphatic carbocycles. The van der Waals surface area contributed by atoms with Gasteiger partial charge in [-0.05, 0) is 69.7 Å². The number of likely N-dealkylation sites (tertiary alicyclic amines) is 1. The highest BCUT2D eigenvalue weighted by molar-refractivity contribution is 7.21. The second-order valence-electron chi connectivity index (χ2n) is 11.4. The summed E-state index contributed by atoms with van der Waals surface area (Å²) in [5.74, 6) is 0.849. The van der Waals surface area contributed by atoms with Crippen molar-refractivity contribution in [3.8, 4) is 11.5 Å². The molecule has 43 heavy (non-hydrogen) atoms. The Hall–Kier alpha value is -4.68. The molecule has 0 unspecified atom stereocenters. The lowest BCUT2D eigenvalue weighted by atomic mass is 10.0. The molecule has 2 aromatic heterocycles. The first-order valence-corrected chi connectivity index (χ1v) is 14.7. The standard InChI is InChI=1S/C31H31N5O6S/c1-31(2,3)42-30(40)35-16-14-23(37)21(17-35)33-27(38)26-25-24-22(13-15-32-28(24)43-26)36(29(39)34-25)18-9-11-20(12-10-18)41-19-7-5-4-6-8-19/h4-13,15,21,23,37H,14,16-17H2,1-3H3,(H,33,38)(H,34,39)/t21-,23-/m1/s1. The molecule has 4 heterocycles. The van der Waals surface area contributed by atoms with Crippen molar-refractivity contribution in [1.82, 2.24) is 15.2 Å². The number of ether oxygens (including phenoxy) is 2. The summed E-state index contributed by atoms with van der Waals surface area (Å²) in [4.78, 5) is 47.9. The van der Waals surface area contributed by atoms with Crippen LogP contribution in [0.2, 0.25) is 0 Å². The normalized spacial score (nSPS) is 18.3. The Bertz CT molecular complexity index is 1680. The number of para-hydroxylation sites is 1. The van der Waals surface area contributed by atoms with Gasteiger partial charge in [0.1, 0.15) is 26.8 Å². The molecule has 0 radical (unpaired) electrons. The number of nitrogens with zero attached hydrogens (tertiary/aromatic N) is 3. The maximum Gasteiger partial charge on any atom is 0.410 e. The van der Waals surface area contributed by atoms with Crippen LogP contribution < -0.4 is 20.3 Å². The number of nitrogens with one attached hydrogen (secondary N) is 2. The Morgan fingerprint density at radius 2 is 1.79 bits per heavy atom. The third-order valence-corrected chi connectivity index (χ3v) is 8.17. The van der Waals surface area contributed by atoms with Crippen LogP contribution in [-0.2, 0) is 4.74 Å². The Kier molecular flexibility index (Phi) is 7.40. The Labute approximate surface area is 252 Å². The fourth-order valence-corrected chi connectivity index (χ4v) is 6.12. The number of aromatic nitrogens is 1. The van der Waals surface area contributed by atoms with Gasteiger partial charge >= 0.3 is 12.1 Å². The molecule has 2 aromatic carbocycles. The van der Waals surface area contributed by atoms with Crippen LogP contribution in [0.25, 0.3) is 10.2 Å². The number of anilines is 3. The largest absolute Gasteiger partial charge is 0.457 e. The zero-order valence-electron chi connectivity index (χ0n) is 23.9. The zero-order valence-corrected chi connectivity index (χ0v) is 24.7. The van der Waals surface area contributed by atoms with Crippen LogP contribution in [0.1, 0.15) is 36.9 Å². The van der Waals surface area contributed by atoms with E-state index in [1.165, 1.54) is 9.80 Å². The highest BCUT2D eigenvalue weighted by atomic mass is 32.1. The van der Waals surface area contributed by atoms with Crippen LogP contribution in [0.3, 0.4) is 0 Å². The van der Waals surface area contributed by atoms with Gasteiger partial charge in [0.2, 0.25) is 0 Å². The van der Waals surface area contributed by atoms with Crippen LogP contribution in [0, 0.1) is 0 Å². The average Bonchev–Trinajstić information content (AvgIpc) is 3.34. The summed E-state index contributed by atoms with van der Waals surface area (Å²) in [5, 5.41) is 17.0. The molecule has 3 N–H and O–H groups in total. The van der Waals surface area contributed by atoms with Gasteiger partial charge in [-0.2, -0.15) is 0 Å². The molecule has 11 nitrogen and oxygen atoms in total. The first kappa shape index (κ1) is 28.4. The van der Waals surface area contributed by atoms with Crippen molar-refractivity contribution in [3.05, 3.63) is 71.7 Å². The van der Waals surface area contributed by atoms with E-state index in [9.17, 15) is 19.5 Å². The molecule has 6 rings (SSSR count). The van der Waals surface area contributed by atoms with E-state index in [0.717, 1.165) is 11.3 Å². The van der Waals surface area contributed by atoms with Crippen molar-refractivity contribution >= 4 is 56.6 Å². The number of amides is 4. The molecule has 4 amide bonds. The molecule has 1 saturated heterocycles. The molecule has 222 valence electrons. The van der Waals surface area contributed by atoms with E-state index in [-0.39, 0.29) is 17.8 Å². The Morgan fingerprint density at radius 1 is 1.07 bits per heavy atom. The van der Waals surface area contributed by atoms with Gasteiger partial charge in [-0.3, -0.25) is 9.69 Å². The fraction of sp³-hybridized carbons (Fsp3) is 0.290. The van der Waals surface area contributed by atoms with E-state index >= 15 is 0 Å². The number of aliphatic hydroxyl groups excluding tert-OH is 1. The predicted molar refractivity (Wildman–Crippen MR) is 163 cm³/mol. The molecule has 0 saturated carbocycles. The van der Waals surface area contributed by atoms with Crippen molar-refractivity contribution < 1.29 is 29.0 Å². The lowest BCUT2D eigenvalue weighted by Gasteiger charge is -2.37. The van der Waals surface area contributed by atoms with E-state index in [1.54, 1.807) is 57.3 Å². The van der Waals surface area contributed by atoms with Gasteiger partial charge in [-0.25, -0.2) is 14.6 Å². The predicted octanol–water partition coefficient (Wildman–Crippen LogP) is 5.87. The number of benzene rings is 2. The van der Waals surface area contributed by atoms with Crippen LogP contribution in [-0.4, -0.2) is 63.9 Å². The molecular formula is C31H31N5O6S. The molecule has 2 aliphatic heterocycles. The second kappa shape index (κ2) is 11.2. The first-order valence-electron chi connectivity index (χ1n) is 13.9. The summed E-state index contributed by atoms with van der Waals surface area (Å²) in [5.41, 5.74) is 0.894. The number of hydrogen-bond acceptors (Lipinski definition) is 8. The highest BCUT2D eigenvalue weighted by Gasteiger charge is 2.36. The number of hydrogen-bond donors (Lipinski definition) is 3. The number of pyridine rings is 1. The van der Waals surface area contributed by atoms with E-state index in [0.29, 0.717) is 45.3 Å². The number of piperidine rings is 1. The fourth-order valence-electron chi connectivity index (χ4n) is 5.10. The van der Waals surface area contributed by atoms with Crippen molar-refractivity contribution in [1.29, 1.82) is 0 Å². The average molecular weight is 602 g/mol. The summed E-state index contributed by atoms with van der Waals surface area (Å²) < 4.78 is 11.3. The van der Waals surface area contributed by atoms with Gasteiger partial charge in [0, 0.05) is 19.3 Å². The van der Waals surface area contributed by atoms with Crippen LogP contribution in [0.15, 0.2) is 66.9 Å². The van der Waals surface area contributed by atoms with Gasteiger partial charge < -0.3 is 30.1 Å². The topological polar surface area (TPSA) is 133 Å². The van der Waals surface area contributed by atoms with E-state index in [1.807, 2.05) is 30.3 Å². The summed E-state index contributed by atoms with van der Waals surface area (Å²) >= 11 is 1.15. The SMILES string of the molecule is CC(C)(C)OC(=O)N1CC[C@@H](O)[C@H](NC(=O)c2sc3nccc4c3c2NC(=O)N4c2ccc(Oc3ccccc3)cc2)C1. The molecule has 0 bridgehead atoms. The molecule has 1 fully saturated rings. The molecule has 2 aliphatic rings. The third kappa shape index (κ3) is 5.84. The van der Waals surface area contributed by atoms with Crippen LogP contribution in [0.4, 0.5) is 26.7 Å². The number of rotatable bonds is 5. The van der Waals surface area contributed by atoms with E-state index in [2.05, 4.69) is 15.6 Å². The number of carbonyl (C=O) groups excluding carboxylic acids is 3. The lowest BCUT2D eigenvalue weighted by Crippen LogP contribution is -2.57. The minimum Gasteiger partial charge on any atom is -0.457 e. The van der Waals surface area contributed by atoms with Crippen molar-refractivity contribution in [3.63, 3.8) is 0 Å². The Balaban J connectivity index is 1.24. The first-order chi connectivity index (χ1) is 20.6. The zero-order chi connectivity index (χ0) is 30.3. The van der Waals surface area contributed by atoms with Gasteiger partial charge in [-0.1, -0.05) is 18.2 Å². The number of carbonyl (C=O) groups is 3. The number of urea groups is 1. The second-order valence-corrected chi connectivity index (χ2v) is 12.4. The van der Waals surface area contributed by atoms with Crippen molar-refractivity contribution in [2.75, 3.05) is 23.3 Å². The lowest BCUT2D eigenvalue weighted by molar-refractivity contribution is 0.000510. The van der Waals surface area contributed by atoms with E-state index in [4.69, 9.17) is 9.47 Å². The Morgan fingerprint density at radius 3 is 2.51 bits per heavy atom. The highest BCUT2D eigenvalue weighted by Crippen LogP contribution is 2.46. The number of aliphatic hydroxyl groups is 1. The van der Waals surface area contributed by atoms with Gasteiger partial charge in [0.25, 0.3) is 5.91 Å². The summed E-state index contributed by atoms with van der Waals surface area (Å²) in [6, 6.07) is 17.1. The molecule has 2 atom stereocenters. The molecular weight excluding hydrogens is 570 g/mol. The van der Waals surface area contributed by atoms with Crippen LogP contribution in [0.5, 0.6) is 11.5 Å². The van der Waals surface area contributed by atoms with Crippen molar-refractivity contribution in [2.45, 2.75) is 44.9 Å². The minimum atomic E-state index is -0.846. The van der Waals surface area contributed by atoms with Crippen LogP contribution >= 0.6 is 11.3 Å². The third-order valence-electron chi connectivity index (χ3n) is 7.07. The minimum absolute atomic E-state index is 0.0929. The molecule has 0 spiro atoms. The van der Waals surface area contributed by atoms with Gasteiger partial charge in [0.15, 0.2) is 0 Å². The quantitative estimate of drug-likeness (QED) is 0.260. The summed E-state index contributed by atoms with van der Waals surface area (Å²) in [7, 11) is 0.